The third-order valence-corrected chi connectivity index (χ3v) is 6.84. The summed E-state index contributed by atoms with van der Waals surface area (Å²) < 4.78 is 13.4. The second kappa shape index (κ2) is 8.87. The lowest BCUT2D eigenvalue weighted by Gasteiger charge is -2.49. The van der Waals surface area contributed by atoms with Gasteiger partial charge >= 0.3 is 5.97 Å². The first-order valence-electron chi connectivity index (χ1n) is 12.1. The Morgan fingerprint density at radius 3 is 2.60 bits per heavy atom. The SMILES string of the molecule is CCOC(=O)C1=CN2C(CC1=O)c1c3cccc(OCc4ccccc4)c3nn1CC2C(C)(C)C. The van der Waals surface area contributed by atoms with Crippen molar-refractivity contribution in [2.75, 3.05) is 6.61 Å². The highest BCUT2D eigenvalue weighted by Gasteiger charge is 2.45. The van der Waals surface area contributed by atoms with E-state index in [1.807, 2.05) is 53.2 Å². The molecule has 0 aliphatic carbocycles. The molecule has 35 heavy (non-hydrogen) atoms. The third-order valence-electron chi connectivity index (χ3n) is 6.84. The van der Waals surface area contributed by atoms with E-state index in [1.165, 1.54) is 0 Å². The quantitative estimate of drug-likeness (QED) is 0.391. The van der Waals surface area contributed by atoms with Gasteiger partial charge in [-0.25, -0.2) is 4.79 Å². The summed E-state index contributed by atoms with van der Waals surface area (Å²) in [4.78, 5) is 27.8. The lowest BCUT2D eigenvalue weighted by Crippen LogP contribution is -2.52. The van der Waals surface area contributed by atoms with Crippen molar-refractivity contribution in [3.05, 3.63) is 71.6 Å². The Balaban J connectivity index is 1.57. The van der Waals surface area contributed by atoms with Crippen LogP contribution in [0, 0.1) is 5.41 Å². The minimum absolute atomic E-state index is 0.0422. The Kier molecular flexibility index (Phi) is 5.87. The van der Waals surface area contributed by atoms with Gasteiger partial charge in [-0.05, 0) is 24.0 Å². The van der Waals surface area contributed by atoms with Crippen molar-refractivity contribution in [3.63, 3.8) is 0 Å². The lowest BCUT2D eigenvalue weighted by molar-refractivity contribution is -0.141. The number of carbonyl (C=O) groups is 2. The maximum atomic E-state index is 13.1. The van der Waals surface area contributed by atoms with Gasteiger partial charge in [0.05, 0.1) is 30.9 Å². The summed E-state index contributed by atoms with van der Waals surface area (Å²) in [6.45, 7) is 9.59. The summed E-state index contributed by atoms with van der Waals surface area (Å²) in [7, 11) is 0. The van der Waals surface area contributed by atoms with Gasteiger partial charge in [0, 0.05) is 18.0 Å². The number of ketones is 1. The maximum absolute atomic E-state index is 13.1. The molecule has 0 bridgehead atoms. The average molecular weight is 474 g/mol. The van der Waals surface area contributed by atoms with Gasteiger partial charge in [0.25, 0.3) is 0 Å². The monoisotopic (exact) mass is 473 g/mol. The van der Waals surface area contributed by atoms with Gasteiger partial charge in [-0.2, -0.15) is 5.10 Å². The minimum Gasteiger partial charge on any atom is -0.487 e. The normalized spacial score (nSPS) is 19.7. The van der Waals surface area contributed by atoms with Crippen LogP contribution < -0.4 is 4.74 Å². The number of hydrogen-bond acceptors (Lipinski definition) is 6. The molecular weight excluding hydrogens is 442 g/mol. The van der Waals surface area contributed by atoms with Crippen LogP contribution in [0.5, 0.6) is 5.75 Å². The highest BCUT2D eigenvalue weighted by Crippen LogP contribution is 2.45. The van der Waals surface area contributed by atoms with Gasteiger partial charge < -0.3 is 14.4 Å². The van der Waals surface area contributed by atoms with Crippen molar-refractivity contribution in [1.29, 1.82) is 0 Å². The number of rotatable bonds is 5. The third kappa shape index (κ3) is 4.20. The number of aromatic nitrogens is 2. The number of ether oxygens (including phenoxy) is 2. The van der Waals surface area contributed by atoms with E-state index < -0.39 is 5.97 Å². The second-order valence-corrected chi connectivity index (χ2v) is 10.2. The highest BCUT2D eigenvalue weighted by molar-refractivity contribution is 6.18. The van der Waals surface area contributed by atoms with Crippen LogP contribution in [0.15, 0.2) is 60.3 Å². The zero-order chi connectivity index (χ0) is 24.7. The predicted molar refractivity (Wildman–Crippen MR) is 133 cm³/mol. The van der Waals surface area contributed by atoms with Crippen molar-refractivity contribution < 1.29 is 19.1 Å². The Morgan fingerprint density at radius 2 is 1.89 bits per heavy atom. The zero-order valence-corrected chi connectivity index (χ0v) is 20.7. The molecule has 2 unspecified atom stereocenters. The summed E-state index contributed by atoms with van der Waals surface area (Å²) in [5, 5.41) is 5.94. The van der Waals surface area contributed by atoms with Crippen LogP contribution >= 0.6 is 0 Å². The fraction of sp³-hybridized carbons (Fsp3) is 0.393. The Morgan fingerprint density at radius 1 is 1.11 bits per heavy atom. The molecule has 0 N–H and O–H groups in total. The summed E-state index contributed by atoms with van der Waals surface area (Å²) in [6.07, 6.45) is 1.93. The van der Waals surface area contributed by atoms with Crippen molar-refractivity contribution in [2.24, 2.45) is 5.41 Å². The molecule has 0 amide bonds. The van der Waals surface area contributed by atoms with Gasteiger partial charge in [-0.1, -0.05) is 63.2 Å². The lowest BCUT2D eigenvalue weighted by atomic mass is 9.81. The molecule has 3 heterocycles. The molecule has 0 saturated heterocycles. The van der Waals surface area contributed by atoms with Crippen LogP contribution in [-0.2, 0) is 27.5 Å². The molecular formula is C28H31N3O4. The summed E-state index contributed by atoms with van der Waals surface area (Å²) in [5.41, 5.74) is 2.87. The molecule has 1 aromatic heterocycles. The van der Waals surface area contributed by atoms with Crippen LogP contribution in [-0.4, -0.2) is 39.1 Å². The van der Waals surface area contributed by atoms with E-state index in [4.69, 9.17) is 14.6 Å². The molecule has 2 aliphatic heterocycles. The Labute approximate surface area is 205 Å². The number of Topliss-reactive ketones (excluding diaryl/α,β-unsaturated/α-hetero) is 1. The molecule has 0 saturated carbocycles. The largest absolute Gasteiger partial charge is 0.487 e. The standard InChI is InChI=1S/C28H31N3O4/c1-5-34-27(33)20-15-30-21(14-22(20)32)26-19-12-9-13-23(35-17-18-10-7-6-8-11-18)25(19)29-31(26)16-24(30)28(2,3)4/h6-13,15,21,24H,5,14,16-17H2,1-4H3. The summed E-state index contributed by atoms with van der Waals surface area (Å²) >= 11 is 0. The molecule has 0 radical (unpaired) electrons. The van der Waals surface area contributed by atoms with Gasteiger partial charge in [-0.3, -0.25) is 9.48 Å². The fourth-order valence-corrected chi connectivity index (χ4v) is 5.09. The number of nitrogens with zero attached hydrogens (tertiary/aromatic N) is 3. The molecule has 7 nitrogen and oxygen atoms in total. The van der Waals surface area contributed by atoms with E-state index in [9.17, 15) is 9.59 Å². The van der Waals surface area contributed by atoms with E-state index in [2.05, 4.69) is 25.7 Å². The number of carbonyl (C=O) groups excluding carboxylic acids is 2. The van der Waals surface area contributed by atoms with E-state index >= 15 is 0 Å². The topological polar surface area (TPSA) is 73.7 Å². The van der Waals surface area contributed by atoms with Crippen molar-refractivity contribution in [3.8, 4) is 5.75 Å². The van der Waals surface area contributed by atoms with Crippen LogP contribution in [0.2, 0.25) is 0 Å². The van der Waals surface area contributed by atoms with Gasteiger partial charge in [0.15, 0.2) is 5.78 Å². The van der Waals surface area contributed by atoms with Crippen LogP contribution in [0.3, 0.4) is 0 Å². The van der Waals surface area contributed by atoms with E-state index in [-0.39, 0.29) is 41.9 Å². The molecule has 7 heteroatoms. The number of hydrogen-bond donors (Lipinski definition) is 0. The molecule has 2 aliphatic rings. The Hall–Kier alpha value is -3.61. The number of benzene rings is 2. The van der Waals surface area contributed by atoms with E-state index in [1.54, 1.807) is 13.1 Å². The number of esters is 1. The summed E-state index contributed by atoms with van der Waals surface area (Å²) in [6, 6.07) is 15.8. The first-order valence-corrected chi connectivity index (χ1v) is 12.1. The first-order chi connectivity index (χ1) is 16.8. The molecule has 2 aromatic carbocycles. The zero-order valence-electron chi connectivity index (χ0n) is 20.7. The van der Waals surface area contributed by atoms with Gasteiger partial charge in [0.1, 0.15) is 23.4 Å². The molecule has 182 valence electrons. The molecule has 2 atom stereocenters. The van der Waals surface area contributed by atoms with Gasteiger partial charge in [-0.15, -0.1) is 0 Å². The summed E-state index contributed by atoms with van der Waals surface area (Å²) in [5.74, 6) is -0.0298. The van der Waals surface area contributed by atoms with Crippen LogP contribution in [0.25, 0.3) is 10.9 Å². The van der Waals surface area contributed by atoms with E-state index in [0.717, 1.165) is 27.9 Å². The average Bonchev–Trinajstić information content (AvgIpc) is 3.21. The first kappa shape index (κ1) is 23.1. The molecule has 0 fully saturated rings. The molecule has 3 aromatic rings. The fourth-order valence-electron chi connectivity index (χ4n) is 5.09. The van der Waals surface area contributed by atoms with Crippen molar-refractivity contribution >= 4 is 22.7 Å². The van der Waals surface area contributed by atoms with Crippen molar-refractivity contribution in [1.82, 2.24) is 14.7 Å². The highest BCUT2D eigenvalue weighted by atomic mass is 16.5. The van der Waals surface area contributed by atoms with Gasteiger partial charge in [0.2, 0.25) is 0 Å². The van der Waals surface area contributed by atoms with Crippen molar-refractivity contribution in [2.45, 2.75) is 59.4 Å². The second-order valence-electron chi connectivity index (χ2n) is 10.2. The Bertz CT molecular complexity index is 1300. The van der Waals surface area contributed by atoms with E-state index in [0.29, 0.717) is 13.2 Å². The predicted octanol–water partition coefficient (Wildman–Crippen LogP) is 4.81. The molecule has 5 rings (SSSR count). The van der Waals surface area contributed by atoms with Crippen LogP contribution in [0.1, 0.15) is 51.4 Å². The smallest absolute Gasteiger partial charge is 0.343 e. The van der Waals surface area contributed by atoms with Crippen LogP contribution in [0.4, 0.5) is 0 Å². The minimum atomic E-state index is -0.552. The number of fused-ring (bicyclic) bond motifs is 5. The maximum Gasteiger partial charge on any atom is 0.343 e. The molecule has 0 spiro atoms.